The lowest BCUT2D eigenvalue weighted by atomic mass is 9.92. The van der Waals surface area contributed by atoms with Crippen molar-refractivity contribution in [3.05, 3.63) is 68.3 Å². The normalized spacial score (nSPS) is 15.2. The van der Waals surface area contributed by atoms with Gasteiger partial charge in [-0.3, -0.25) is 4.79 Å². The topological polar surface area (TPSA) is 41.1 Å². The first kappa shape index (κ1) is 14.5. The van der Waals surface area contributed by atoms with Crippen LogP contribution in [0.4, 0.5) is 0 Å². The average Bonchev–Trinajstić information content (AvgIpc) is 2.51. The highest BCUT2D eigenvalue weighted by molar-refractivity contribution is 14.1. The summed E-state index contributed by atoms with van der Waals surface area (Å²) in [6.45, 7) is 0.734. The second kappa shape index (κ2) is 6.15. The summed E-state index contributed by atoms with van der Waals surface area (Å²) in [6.07, 6.45) is 0.912. The minimum atomic E-state index is 0.0376. The molecular formula is C17H17IN2O. The molecular weight excluding hydrogens is 375 g/mol. The monoisotopic (exact) mass is 392 g/mol. The molecule has 0 aromatic heterocycles. The summed E-state index contributed by atoms with van der Waals surface area (Å²) in [5.41, 5.74) is 4.27. The van der Waals surface area contributed by atoms with Gasteiger partial charge >= 0.3 is 0 Å². The summed E-state index contributed by atoms with van der Waals surface area (Å²) in [4.78, 5) is 12.0. The largest absolute Gasteiger partial charge is 0.352 e. The van der Waals surface area contributed by atoms with Crippen LogP contribution in [0.1, 0.15) is 33.1 Å². The molecule has 1 aliphatic heterocycles. The number of carbonyl (C=O) groups is 1. The van der Waals surface area contributed by atoms with E-state index in [2.05, 4.69) is 69.6 Å². The molecule has 3 rings (SSSR count). The quantitative estimate of drug-likeness (QED) is 0.789. The molecule has 1 heterocycles. The summed E-state index contributed by atoms with van der Waals surface area (Å²) < 4.78 is 1.22. The molecule has 108 valence electrons. The van der Waals surface area contributed by atoms with Crippen LogP contribution in [-0.4, -0.2) is 19.5 Å². The van der Waals surface area contributed by atoms with E-state index in [1.165, 1.54) is 9.13 Å². The van der Waals surface area contributed by atoms with Gasteiger partial charge in [0.15, 0.2) is 0 Å². The summed E-state index contributed by atoms with van der Waals surface area (Å²) >= 11 is 2.30. The zero-order chi connectivity index (χ0) is 14.8. The first-order valence-corrected chi connectivity index (χ1v) is 8.10. The van der Waals surface area contributed by atoms with E-state index in [1.807, 2.05) is 13.1 Å². The molecule has 1 unspecified atom stereocenters. The molecule has 1 atom stereocenters. The average molecular weight is 392 g/mol. The van der Waals surface area contributed by atoms with Crippen molar-refractivity contribution in [3.8, 4) is 0 Å². The lowest BCUT2D eigenvalue weighted by molar-refractivity contribution is 0.0946. The number of amides is 1. The molecule has 0 aliphatic carbocycles. The number of carbonyl (C=O) groups excluding carboxylic acids is 1. The number of fused-ring (bicyclic) bond motifs is 1. The number of hydrogen-bond donors (Lipinski definition) is 2. The maximum absolute atomic E-state index is 12.0. The van der Waals surface area contributed by atoms with Crippen LogP contribution < -0.4 is 10.6 Å². The van der Waals surface area contributed by atoms with Crippen LogP contribution in [0.15, 0.2) is 42.5 Å². The first-order chi connectivity index (χ1) is 10.2. The van der Waals surface area contributed by atoms with Crippen molar-refractivity contribution in [2.24, 2.45) is 0 Å². The Bertz CT molecular complexity index is 667. The van der Waals surface area contributed by atoms with Crippen LogP contribution in [0, 0.1) is 3.57 Å². The lowest BCUT2D eigenvalue weighted by Crippen LogP contribution is -2.32. The number of benzene rings is 2. The Morgan fingerprint density at radius 2 is 1.86 bits per heavy atom. The number of nitrogens with one attached hydrogen (secondary N) is 2. The van der Waals surface area contributed by atoms with Crippen molar-refractivity contribution in [1.82, 2.24) is 10.6 Å². The number of rotatable bonds is 3. The van der Waals surface area contributed by atoms with Crippen LogP contribution >= 0.6 is 22.6 Å². The fourth-order valence-electron chi connectivity index (χ4n) is 2.79. The van der Waals surface area contributed by atoms with E-state index < -0.39 is 0 Å². The molecule has 2 N–H and O–H groups in total. The number of hydrogen-bond acceptors (Lipinski definition) is 2. The van der Waals surface area contributed by atoms with E-state index in [-0.39, 0.29) is 11.9 Å². The molecule has 0 spiro atoms. The molecule has 0 saturated heterocycles. The molecule has 1 amide bonds. The zero-order valence-corrected chi connectivity index (χ0v) is 14.0. The van der Waals surface area contributed by atoms with Gasteiger partial charge in [-0.1, -0.05) is 24.3 Å². The predicted octanol–water partition coefficient (Wildman–Crippen LogP) is 2.89. The van der Waals surface area contributed by atoms with Crippen LogP contribution in [0.3, 0.4) is 0 Å². The fourth-order valence-corrected chi connectivity index (χ4v) is 3.15. The van der Waals surface area contributed by atoms with E-state index in [0.29, 0.717) is 0 Å². The van der Waals surface area contributed by atoms with Gasteiger partial charge in [0.25, 0.3) is 5.91 Å². The number of halogens is 1. The Hall–Kier alpha value is -1.40. The standard InChI is InChI=1S/C17H17IN2O/c1-19-16(12-4-6-14(18)7-5-12)13-3-2-11-8-9-20-17(21)15(11)10-13/h2-7,10,16,19H,8-9H2,1H3,(H,20,21). The van der Waals surface area contributed by atoms with Crippen molar-refractivity contribution < 1.29 is 4.79 Å². The van der Waals surface area contributed by atoms with Crippen LogP contribution in [0.5, 0.6) is 0 Å². The van der Waals surface area contributed by atoms with E-state index in [0.717, 1.165) is 29.7 Å². The van der Waals surface area contributed by atoms with Gasteiger partial charge in [0.2, 0.25) is 0 Å². The highest BCUT2D eigenvalue weighted by Gasteiger charge is 2.19. The molecule has 21 heavy (non-hydrogen) atoms. The second-order valence-electron chi connectivity index (χ2n) is 5.20. The second-order valence-corrected chi connectivity index (χ2v) is 6.44. The van der Waals surface area contributed by atoms with Gasteiger partial charge in [-0.25, -0.2) is 0 Å². The van der Waals surface area contributed by atoms with Crippen LogP contribution in [0.2, 0.25) is 0 Å². The Morgan fingerprint density at radius 1 is 1.14 bits per heavy atom. The molecule has 0 fully saturated rings. The minimum absolute atomic E-state index is 0.0376. The highest BCUT2D eigenvalue weighted by Crippen LogP contribution is 2.25. The molecule has 0 saturated carbocycles. The van der Waals surface area contributed by atoms with Gasteiger partial charge in [0.1, 0.15) is 0 Å². The van der Waals surface area contributed by atoms with Gasteiger partial charge in [0.05, 0.1) is 6.04 Å². The summed E-state index contributed by atoms with van der Waals surface area (Å²) in [5.74, 6) is 0.0376. The summed E-state index contributed by atoms with van der Waals surface area (Å²) in [7, 11) is 1.95. The predicted molar refractivity (Wildman–Crippen MR) is 92.5 cm³/mol. The van der Waals surface area contributed by atoms with Gasteiger partial charge < -0.3 is 10.6 Å². The summed E-state index contributed by atoms with van der Waals surface area (Å²) in [6, 6.07) is 14.8. The third-order valence-electron chi connectivity index (χ3n) is 3.88. The van der Waals surface area contributed by atoms with Crippen molar-refractivity contribution in [1.29, 1.82) is 0 Å². The maximum Gasteiger partial charge on any atom is 0.251 e. The Labute approximate surface area is 138 Å². The van der Waals surface area contributed by atoms with E-state index in [1.54, 1.807) is 0 Å². The van der Waals surface area contributed by atoms with Crippen molar-refractivity contribution in [2.75, 3.05) is 13.6 Å². The van der Waals surface area contributed by atoms with E-state index >= 15 is 0 Å². The highest BCUT2D eigenvalue weighted by atomic mass is 127. The molecule has 0 radical (unpaired) electrons. The van der Waals surface area contributed by atoms with Gasteiger partial charge in [0, 0.05) is 15.7 Å². The molecule has 0 bridgehead atoms. The van der Waals surface area contributed by atoms with Crippen molar-refractivity contribution in [2.45, 2.75) is 12.5 Å². The minimum Gasteiger partial charge on any atom is -0.352 e. The Balaban J connectivity index is 1.99. The van der Waals surface area contributed by atoms with Crippen molar-refractivity contribution >= 4 is 28.5 Å². The van der Waals surface area contributed by atoms with E-state index in [4.69, 9.17) is 0 Å². The smallest absolute Gasteiger partial charge is 0.251 e. The molecule has 1 aliphatic rings. The summed E-state index contributed by atoms with van der Waals surface area (Å²) in [5, 5.41) is 6.25. The van der Waals surface area contributed by atoms with E-state index in [9.17, 15) is 4.79 Å². The third-order valence-corrected chi connectivity index (χ3v) is 4.60. The molecule has 2 aromatic rings. The third kappa shape index (κ3) is 2.96. The van der Waals surface area contributed by atoms with Gasteiger partial charge in [-0.15, -0.1) is 0 Å². The fraction of sp³-hybridized carbons (Fsp3) is 0.235. The van der Waals surface area contributed by atoms with Gasteiger partial charge in [-0.2, -0.15) is 0 Å². The van der Waals surface area contributed by atoms with Gasteiger partial charge in [-0.05, 0) is 70.9 Å². The first-order valence-electron chi connectivity index (χ1n) is 7.03. The molecule has 2 aromatic carbocycles. The van der Waals surface area contributed by atoms with Crippen molar-refractivity contribution in [3.63, 3.8) is 0 Å². The molecule has 3 nitrogen and oxygen atoms in total. The SMILES string of the molecule is CNC(c1ccc(I)cc1)c1ccc2c(c1)C(=O)NCC2. The lowest BCUT2D eigenvalue weighted by Gasteiger charge is -2.21. The molecule has 4 heteroatoms. The Morgan fingerprint density at radius 3 is 2.57 bits per heavy atom. The van der Waals surface area contributed by atoms with Crippen LogP contribution in [0.25, 0.3) is 0 Å². The zero-order valence-electron chi connectivity index (χ0n) is 11.8. The maximum atomic E-state index is 12.0. The van der Waals surface area contributed by atoms with Crippen LogP contribution in [-0.2, 0) is 6.42 Å². The Kier molecular flexibility index (Phi) is 4.26.